The van der Waals surface area contributed by atoms with Crippen LogP contribution in [0.25, 0.3) is 0 Å². The number of methoxy groups -OCH3 is 1. The molecule has 5 nitrogen and oxygen atoms in total. The first-order valence-corrected chi connectivity index (χ1v) is 5.57. The molecule has 7 heteroatoms. The number of pyridine rings is 1. The number of nitrogens with two attached hydrogens (primary N) is 1. The number of esters is 1. The Kier molecular flexibility index (Phi) is 3.79. The zero-order valence-electron chi connectivity index (χ0n) is 10.5. The van der Waals surface area contributed by atoms with Crippen molar-refractivity contribution in [2.24, 2.45) is 0 Å². The van der Waals surface area contributed by atoms with E-state index in [-0.39, 0.29) is 22.8 Å². The molecule has 0 unspecified atom stereocenters. The summed E-state index contributed by atoms with van der Waals surface area (Å²) in [5.74, 6) is -2.04. The number of hydrogen-bond acceptors (Lipinski definition) is 5. The van der Waals surface area contributed by atoms with Crippen molar-refractivity contribution in [3.05, 3.63) is 47.7 Å². The second kappa shape index (κ2) is 5.52. The van der Waals surface area contributed by atoms with Gasteiger partial charge in [0.1, 0.15) is 11.6 Å². The number of carbonyl (C=O) groups is 1. The molecule has 0 aliphatic heterocycles. The SMILES string of the molecule is COC(=O)c1ccnc(Nc2ccc(F)cc2F)c1N. The van der Waals surface area contributed by atoms with Gasteiger partial charge in [0.05, 0.1) is 24.0 Å². The van der Waals surface area contributed by atoms with Crippen molar-refractivity contribution in [3.8, 4) is 0 Å². The van der Waals surface area contributed by atoms with E-state index in [1.54, 1.807) is 0 Å². The van der Waals surface area contributed by atoms with Crippen LogP contribution in [0.4, 0.5) is 26.0 Å². The zero-order valence-corrected chi connectivity index (χ0v) is 10.5. The monoisotopic (exact) mass is 279 g/mol. The minimum atomic E-state index is -0.797. The molecule has 1 aromatic carbocycles. The van der Waals surface area contributed by atoms with Crippen LogP contribution in [0.2, 0.25) is 0 Å². The Labute approximate surface area is 113 Å². The van der Waals surface area contributed by atoms with Crippen LogP contribution >= 0.6 is 0 Å². The molecule has 1 heterocycles. The van der Waals surface area contributed by atoms with Crippen LogP contribution < -0.4 is 11.1 Å². The average Bonchev–Trinajstić information content (AvgIpc) is 2.43. The number of rotatable bonds is 3. The smallest absolute Gasteiger partial charge is 0.340 e. The summed E-state index contributed by atoms with van der Waals surface area (Å²) in [7, 11) is 1.22. The number of anilines is 3. The number of halogens is 2. The molecule has 0 saturated carbocycles. The molecule has 0 saturated heterocycles. The topological polar surface area (TPSA) is 77.2 Å². The fourth-order valence-electron chi connectivity index (χ4n) is 1.58. The Morgan fingerprint density at radius 3 is 2.75 bits per heavy atom. The third-order valence-electron chi connectivity index (χ3n) is 2.58. The number of ether oxygens (including phenoxy) is 1. The van der Waals surface area contributed by atoms with Crippen LogP contribution in [0.1, 0.15) is 10.4 Å². The molecule has 2 rings (SSSR count). The Morgan fingerprint density at radius 2 is 2.10 bits per heavy atom. The van der Waals surface area contributed by atoms with Gasteiger partial charge in [0.2, 0.25) is 0 Å². The van der Waals surface area contributed by atoms with E-state index in [1.807, 2.05) is 0 Å². The summed E-state index contributed by atoms with van der Waals surface area (Å²) in [6, 6.07) is 4.40. The van der Waals surface area contributed by atoms with Crippen molar-refractivity contribution in [2.45, 2.75) is 0 Å². The van der Waals surface area contributed by atoms with Crippen LogP contribution in [0, 0.1) is 11.6 Å². The number of nitrogens with zero attached hydrogens (tertiary/aromatic N) is 1. The van der Waals surface area contributed by atoms with Gasteiger partial charge in [-0.15, -0.1) is 0 Å². The predicted molar refractivity (Wildman–Crippen MR) is 69.6 cm³/mol. The molecule has 1 aromatic heterocycles. The lowest BCUT2D eigenvalue weighted by Gasteiger charge is -2.11. The fourth-order valence-corrected chi connectivity index (χ4v) is 1.58. The summed E-state index contributed by atoms with van der Waals surface area (Å²) in [5, 5.41) is 2.60. The molecule has 0 aliphatic carbocycles. The first kappa shape index (κ1) is 13.7. The lowest BCUT2D eigenvalue weighted by Crippen LogP contribution is -2.09. The van der Waals surface area contributed by atoms with Gasteiger partial charge in [-0.1, -0.05) is 0 Å². The van der Waals surface area contributed by atoms with Crippen LogP contribution in [0.3, 0.4) is 0 Å². The molecule has 0 bridgehead atoms. The van der Waals surface area contributed by atoms with Crippen LogP contribution in [-0.2, 0) is 4.74 Å². The van der Waals surface area contributed by atoms with Gasteiger partial charge in [0.25, 0.3) is 0 Å². The van der Waals surface area contributed by atoms with Gasteiger partial charge in [-0.25, -0.2) is 18.6 Å². The lowest BCUT2D eigenvalue weighted by molar-refractivity contribution is 0.0602. The van der Waals surface area contributed by atoms with Gasteiger partial charge < -0.3 is 15.8 Å². The van der Waals surface area contributed by atoms with Crippen LogP contribution in [0.15, 0.2) is 30.5 Å². The molecule has 0 amide bonds. The van der Waals surface area contributed by atoms with E-state index in [2.05, 4.69) is 15.0 Å². The summed E-state index contributed by atoms with van der Waals surface area (Å²) in [5.41, 5.74) is 5.88. The molecular formula is C13H11F2N3O2. The first-order chi connectivity index (χ1) is 9.52. The van der Waals surface area contributed by atoms with Gasteiger partial charge in [-0.05, 0) is 18.2 Å². The number of hydrogen-bond donors (Lipinski definition) is 2. The molecule has 0 radical (unpaired) electrons. The first-order valence-electron chi connectivity index (χ1n) is 5.57. The second-order valence-corrected chi connectivity index (χ2v) is 3.86. The van der Waals surface area contributed by atoms with E-state index >= 15 is 0 Å². The molecule has 0 fully saturated rings. The van der Waals surface area contributed by atoms with Crippen molar-refractivity contribution < 1.29 is 18.3 Å². The quantitative estimate of drug-likeness (QED) is 0.844. The Bertz CT molecular complexity index is 662. The van der Waals surface area contributed by atoms with Crippen molar-refractivity contribution in [1.82, 2.24) is 4.98 Å². The zero-order chi connectivity index (χ0) is 14.7. The van der Waals surface area contributed by atoms with E-state index in [4.69, 9.17) is 5.73 Å². The highest BCUT2D eigenvalue weighted by atomic mass is 19.1. The van der Waals surface area contributed by atoms with E-state index in [1.165, 1.54) is 25.4 Å². The Morgan fingerprint density at radius 1 is 1.35 bits per heavy atom. The minimum Gasteiger partial charge on any atom is -0.465 e. The van der Waals surface area contributed by atoms with E-state index < -0.39 is 17.6 Å². The molecule has 20 heavy (non-hydrogen) atoms. The molecular weight excluding hydrogens is 268 g/mol. The number of aromatic nitrogens is 1. The Balaban J connectivity index is 2.37. The third kappa shape index (κ3) is 2.66. The lowest BCUT2D eigenvalue weighted by atomic mass is 10.2. The minimum absolute atomic E-state index is 0.00684. The van der Waals surface area contributed by atoms with Gasteiger partial charge >= 0.3 is 5.97 Å². The van der Waals surface area contributed by atoms with Crippen molar-refractivity contribution >= 4 is 23.2 Å². The second-order valence-electron chi connectivity index (χ2n) is 3.86. The van der Waals surface area contributed by atoms with E-state index in [0.717, 1.165) is 12.1 Å². The van der Waals surface area contributed by atoms with Crippen LogP contribution in [-0.4, -0.2) is 18.1 Å². The normalized spacial score (nSPS) is 10.2. The molecule has 2 aromatic rings. The summed E-state index contributed by atoms with van der Waals surface area (Å²) >= 11 is 0. The maximum absolute atomic E-state index is 13.5. The van der Waals surface area contributed by atoms with Crippen molar-refractivity contribution in [3.63, 3.8) is 0 Å². The Hall–Kier alpha value is -2.70. The molecule has 0 aliphatic rings. The highest BCUT2D eigenvalue weighted by Crippen LogP contribution is 2.26. The number of benzene rings is 1. The molecule has 3 N–H and O–H groups in total. The van der Waals surface area contributed by atoms with Gasteiger partial charge in [-0.2, -0.15) is 0 Å². The highest BCUT2D eigenvalue weighted by Gasteiger charge is 2.15. The number of carbonyl (C=O) groups excluding carboxylic acids is 1. The maximum Gasteiger partial charge on any atom is 0.340 e. The van der Waals surface area contributed by atoms with E-state index in [0.29, 0.717) is 0 Å². The number of nitrogen functional groups attached to an aromatic ring is 1. The standard InChI is InChI=1S/C13H11F2N3O2/c1-20-13(19)8-4-5-17-12(11(8)16)18-10-3-2-7(14)6-9(10)15/h2-6H,16H2,1H3,(H,17,18). The largest absolute Gasteiger partial charge is 0.465 e. The molecule has 104 valence electrons. The molecule has 0 atom stereocenters. The number of nitrogens with one attached hydrogen (secondary N) is 1. The fraction of sp³-hybridized carbons (Fsp3) is 0.0769. The van der Waals surface area contributed by atoms with Crippen molar-refractivity contribution in [2.75, 3.05) is 18.2 Å². The maximum atomic E-state index is 13.5. The van der Waals surface area contributed by atoms with Gasteiger partial charge in [-0.3, -0.25) is 0 Å². The average molecular weight is 279 g/mol. The van der Waals surface area contributed by atoms with Crippen LogP contribution in [0.5, 0.6) is 0 Å². The summed E-state index contributed by atoms with van der Waals surface area (Å²) in [4.78, 5) is 15.4. The molecule has 0 spiro atoms. The summed E-state index contributed by atoms with van der Waals surface area (Å²) in [6.07, 6.45) is 1.33. The summed E-state index contributed by atoms with van der Waals surface area (Å²) in [6.45, 7) is 0. The van der Waals surface area contributed by atoms with Gasteiger partial charge in [0, 0.05) is 12.3 Å². The van der Waals surface area contributed by atoms with Gasteiger partial charge in [0.15, 0.2) is 5.82 Å². The highest BCUT2D eigenvalue weighted by molar-refractivity contribution is 5.97. The predicted octanol–water partition coefficient (Wildman–Crippen LogP) is 2.47. The third-order valence-corrected chi connectivity index (χ3v) is 2.58. The van der Waals surface area contributed by atoms with E-state index in [9.17, 15) is 13.6 Å². The van der Waals surface area contributed by atoms with Crippen molar-refractivity contribution in [1.29, 1.82) is 0 Å². The summed E-state index contributed by atoms with van der Waals surface area (Å²) < 4.78 is 30.9.